The highest BCUT2D eigenvalue weighted by molar-refractivity contribution is 7.16. The molecule has 0 atom stereocenters. The Labute approximate surface area is 109 Å². The summed E-state index contributed by atoms with van der Waals surface area (Å²) in [4.78, 5) is 5.53. The molecule has 0 fully saturated rings. The monoisotopic (exact) mass is 259 g/mol. The van der Waals surface area contributed by atoms with Crippen LogP contribution in [0, 0.1) is 0 Å². The lowest BCUT2D eigenvalue weighted by Gasteiger charge is -2.00. The Hall–Kier alpha value is -1.88. The molecule has 0 aliphatic carbocycles. The van der Waals surface area contributed by atoms with Gasteiger partial charge in [-0.1, -0.05) is 30.4 Å². The second kappa shape index (κ2) is 4.42. The summed E-state index contributed by atoms with van der Waals surface area (Å²) in [6.45, 7) is 2.10. The minimum atomic E-state index is 0.839. The highest BCUT2D eigenvalue weighted by Gasteiger charge is 2.09. The van der Waals surface area contributed by atoms with E-state index in [9.17, 15) is 0 Å². The zero-order valence-corrected chi connectivity index (χ0v) is 11.1. The van der Waals surface area contributed by atoms with E-state index >= 15 is 0 Å². The van der Waals surface area contributed by atoms with Crippen LogP contribution in [0.3, 0.4) is 0 Å². The summed E-state index contributed by atoms with van der Waals surface area (Å²) in [5.41, 5.74) is 1.97. The van der Waals surface area contributed by atoms with E-state index in [1.54, 1.807) is 18.4 Å². The number of hydrogen-bond acceptors (Lipinski definition) is 4. The van der Waals surface area contributed by atoms with Crippen LogP contribution in [0.5, 0.6) is 5.75 Å². The largest absolute Gasteiger partial charge is 0.497 e. The Morgan fingerprint density at radius 1 is 1.39 bits per heavy atom. The Kier molecular flexibility index (Phi) is 2.76. The number of benzene rings is 1. The van der Waals surface area contributed by atoms with E-state index in [-0.39, 0.29) is 0 Å². The van der Waals surface area contributed by atoms with Crippen molar-refractivity contribution in [3.63, 3.8) is 0 Å². The summed E-state index contributed by atoms with van der Waals surface area (Å²) in [6, 6.07) is 7.89. The number of imidazole rings is 1. The van der Waals surface area contributed by atoms with Gasteiger partial charge in [-0.15, -0.1) is 0 Å². The average Bonchev–Trinajstić information content (AvgIpc) is 2.96. The summed E-state index contributed by atoms with van der Waals surface area (Å²) in [5, 5.41) is 5.57. The maximum atomic E-state index is 5.22. The van der Waals surface area contributed by atoms with Crippen molar-refractivity contribution in [3.8, 4) is 17.0 Å². The molecule has 0 radical (unpaired) electrons. The van der Waals surface area contributed by atoms with Crippen LogP contribution in [0.4, 0.5) is 0 Å². The number of fused-ring (bicyclic) bond motifs is 1. The lowest BCUT2D eigenvalue weighted by Crippen LogP contribution is -1.85. The summed E-state index contributed by atoms with van der Waals surface area (Å²) >= 11 is 1.63. The van der Waals surface area contributed by atoms with E-state index in [1.807, 2.05) is 35.0 Å². The fraction of sp³-hybridized carbons (Fsp3) is 0.231. The summed E-state index contributed by atoms with van der Waals surface area (Å²) in [6.07, 6.45) is 2.91. The molecule has 0 aliphatic heterocycles. The zero-order chi connectivity index (χ0) is 12.5. The maximum absolute atomic E-state index is 5.22. The molecule has 5 heteroatoms. The molecule has 0 aliphatic rings. The SMILES string of the molecule is CCc1nn2cc(-c3cccc(OC)c3)nc2s1. The quantitative estimate of drug-likeness (QED) is 0.725. The zero-order valence-electron chi connectivity index (χ0n) is 10.3. The smallest absolute Gasteiger partial charge is 0.212 e. The van der Waals surface area contributed by atoms with Crippen molar-refractivity contribution in [2.24, 2.45) is 0 Å². The van der Waals surface area contributed by atoms with Gasteiger partial charge in [-0.2, -0.15) is 5.10 Å². The van der Waals surface area contributed by atoms with E-state index in [2.05, 4.69) is 17.0 Å². The molecule has 3 aromatic rings. The van der Waals surface area contributed by atoms with Gasteiger partial charge >= 0.3 is 0 Å². The molecule has 0 saturated heterocycles. The standard InChI is InChI=1S/C13H13N3OS/c1-3-12-15-16-8-11(14-13(16)18-12)9-5-4-6-10(7-9)17-2/h4-8H,3H2,1-2H3. The van der Waals surface area contributed by atoms with Crippen molar-refractivity contribution >= 4 is 16.3 Å². The van der Waals surface area contributed by atoms with Crippen molar-refractivity contribution in [3.05, 3.63) is 35.5 Å². The van der Waals surface area contributed by atoms with Gasteiger partial charge in [0, 0.05) is 5.56 Å². The Morgan fingerprint density at radius 3 is 3.00 bits per heavy atom. The minimum absolute atomic E-state index is 0.839. The summed E-state index contributed by atoms with van der Waals surface area (Å²) in [5.74, 6) is 0.839. The van der Waals surface area contributed by atoms with E-state index < -0.39 is 0 Å². The van der Waals surface area contributed by atoms with E-state index in [1.165, 1.54) is 0 Å². The first-order valence-corrected chi connectivity index (χ1v) is 6.61. The highest BCUT2D eigenvalue weighted by atomic mass is 32.1. The number of nitrogens with zero attached hydrogens (tertiary/aromatic N) is 3. The summed E-state index contributed by atoms with van der Waals surface area (Å²) < 4.78 is 7.07. The van der Waals surface area contributed by atoms with E-state index in [4.69, 9.17) is 4.74 Å². The first kappa shape index (κ1) is 11.2. The molecule has 3 rings (SSSR count). The third-order valence-corrected chi connectivity index (χ3v) is 3.82. The predicted octanol–water partition coefficient (Wildman–Crippen LogP) is 3.03. The minimum Gasteiger partial charge on any atom is -0.497 e. The number of aryl methyl sites for hydroxylation is 1. The van der Waals surface area contributed by atoms with Crippen LogP contribution in [0.1, 0.15) is 11.9 Å². The number of ether oxygens (including phenoxy) is 1. The Bertz CT molecular complexity index is 655. The van der Waals surface area contributed by atoms with Gasteiger partial charge in [0.2, 0.25) is 4.96 Å². The molecule has 1 aromatic carbocycles. The molecule has 0 unspecified atom stereocenters. The number of hydrogen-bond donors (Lipinski definition) is 0. The first-order chi connectivity index (χ1) is 8.80. The molecule has 0 amide bonds. The van der Waals surface area contributed by atoms with Gasteiger partial charge in [0.25, 0.3) is 0 Å². The molecule has 2 aromatic heterocycles. The third-order valence-electron chi connectivity index (χ3n) is 2.75. The van der Waals surface area contributed by atoms with Gasteiger partial charge < -0.3 is 4.74 Å². The maximum Gasteiger partial charge on any atom is 0.212 e. The van der Waals surface area contributed by atoms with Gasteiger partial charge in [-0.05, 0) is 18.6 Å². The topological polar surface area (TPSA) is 39.4 Å². The second-order valence-electron chi connectivity index (χ2n) is 3.93. The van der Waals surface area contributed by atoms with Gasteiger partial charge in [-0.25, -0.2) is 9.50 Å². The van der Waals surface area contributed by atoms with Crippen LogP contribution in [0.2, 0.25) is 0 Å². The first-order valence-electron chi connectivity index (χ1n) is 5.79. The van der Waals surface area contributed by atoms with E-state index in [0.29, 0.717) is 0 Å². The summed E-state index contributed by atoms with van der Waals surface area (Å²) in [7, 11) is 1.67. The molecule has 0 saturated carbocycles. The van der Waals surface area contributed by atoms with Gasteiger partial charge in [0.05, 0.1) is 19.0 Å². The molecule has 4 nitrogen and oxygen atoms in total. The second-order valence-corrected chi connectivity index (χ2v) is 4.98. The van der Waals surface area contributed by atoms with Crippen molar-refractivity contribution in [1.29, 1.82) is 0 Å². The lowest BCUT2D eigenvalue weighted by atomic mass is 10.1. The van der Waals surface area contributed by atoms with Crippen LogP contribution >= 0.6 is 11.3 Å². The van der Waals surface area contributed by atoms with Crippen molar-refractivity contribution < 1.29 is 4.74 Å². The Morgan fingerprint density at radius 2 is 2.28 bits per heavy atom. The van der Waals surface area contributed by atoms with E-state index in [0.717, 1.165) is 33.4 Å². The number of methoxy groups -OCH3 is 1. The molecule has 0 N–H and O–H groups in total. The number of rotatable bonds is 3. The average molecular weight is 259 g/mol. The Balaban J connectivity index is 2.05. The van der Waals surface area contributed by atoms with Crippen molar-refractivity contribution in [2.45, 2.75) is 13.3 Å². The molecule has 18 heavy (non-hydrogen) atoms. The van der Waals surface area contributed by atoms with Gasteiger partial charge in [-0.3, -0.25) is 0 Å². The van der Waals surface area contributed by atoms with Crippen molar-refractivity contribution in [1.82, 2.24) is 14.6 Å². The van der Waals surface area contributed by atoms with Crippen LogP contribution in [0.25, 0.3) is 16.2 Å². The number of aromatic nitrogens is 3. The molecular formula is C13H13N3OS. The van der Waals surface area contributed by atoms with Crippen LogP contribution in [-0.4, -0.2) is 21.7 Å². The van der Waals surface area contributed by atoms with Gasteiger partial charge in [0.15, 0.2) is 0 Å². The molecular weight excluding hydrogens is 246 g/mol. The molecule has 92 valence electrons. The van der Waals surface area contributed by atoms with Crippen LogP contribution in [-0.2, 0) is 6.42 Å². The lowest BCUT2D eigenvalue weighted by molar-refractivity contribution is 0.415. The van der Waals surface area contributed by atoms with Crippen molar-refractivity contribution in [2.75, 3.05) is 7.11 Å². The fourth-order valence-corrected chi connectivity index (χ4v) is 2.62. The van der Waals surface area contributed by atoms with Crippen LogP contribution < -0.4 is 4.74 Å². The highest BCUT2D eigenvalue weighted by Crippen LogP contribution is 2.25. The van der Waals surface area contributed by atoms with Crippen LogP contribution in [0.15, 0.2) is 30.5 Å². The normalized spacial score (nSPS) is 11.0. The molecule has 0 bridgehead atoms. The predicted molar refractivity (Wildman–Crippen MR) is 72.2 cm³/mol. The van der Waals surface area contributed by atoms with Gasteiger partial charge in [0.1, 0.15) is 10.8 Å². The fourth-order valence-electron chi connectivity index (χ4n) is 1.81. The molecule has 2 heterocycles. The third kappa shape index (κ3) is 1.86. The molecule has 0 spiro atoms.